The van der Waals surface area contributed by atoms with Gasteiger partial charge in [-0.2, -0.15) is 13.2 Å². The third kappa shape index (κ3) is 3.77. The molecule has 1 unspecified atom stereocenters. The van der Waals surface area contributed by atoms with Gasteiger partial charge in [0.05, 0.1) is 5.56 Å². The summed E-state index contributed by atoms with van der Waals surface area (Å²) in [5.74, 6) is 0.523. The maximum Gasteiger partial charge on any atom is 0.416 e. The molecule has 1 aromatic rings. The molecule has 0 aliphatic rings. The maximum atomic E-state index is 12.9. The highest BCUT2D eigenvalue weighted by Gasteiger charge is 2.33. The Labute approximate surface area is 118 Å². The van der Waals surface area contributed by atoms with E-state index in [0.29, 0.717) is 5.82 Å². The predicted octanol–water partition coefficient (Wildman–Crippen LogP) is 4.01. The van der Waals surface area contributed by atoms with Crippen molar-refractivity contribution in [2.75, 3.05) is 24.3 Å². The van der Waals surface area contributed by atoms with E-state index in [0.717, 1.165) is 12.1 Å². The average molecular weight is 289 g/mol. The van der Waals surface area contributed by atoms with Crippen LogP contribution in [0.1, 0.15) is 33.3 Å². The molecule has 0 radical (unpaired) electrons. The van der Waals surface area contributed by atoms with Crippen molar-refractivity contribution in [3.05, 3.63) is 17.7 Å². The minimum Gasteiger partial charge on any atom is -0.373 e. The fourth-order valence-electron chi connectivity index (χ4n) is 1.77. The van der Waals surface area contributed by atoms with Gasteiger partial charge in [0.2, 0.25) is 0 Å². The minimum atomic E-state index is -4.38. The second kappa shape index (κ2) is 5.50. The third-order valence-electron chi connectivity index (χ3n) is 3.59. The highest BCUT2D eigenvalue weighted by Crippen LogP contribution is 2.34. The number of anilines is 2. The van der Waals surface area contributed by atoms with Gasteiger partial charge >= 0.3 is 6.18 Å². The van der Waals surface area contributed by atoms with E-state index >= 15 is 0 Å². The standard InChI is InChI=1S/C14H22F3N3/c1-9(13(2,3)4)20(6)12-8-10(14(15,16)17)7-11(18-5)19-12/h7-9H,1-6H3,(H,18,19). The van der Waals surface area contributed by atoms with E-state index in [2.05, 4.69) is 10.3 Å². The van der Waals surface area contributed by atoms with Crippen LogP contribution >= 0.6 is 0 Å². The zero-order valence-corrected chi connectivity index (χ0v) is 12.8. The summed E-state index contributed by atoms with van der Waals surface area (Å²) >= 11 is 0. The molecule has 0 saturated heterocycles. The molecular formula is C14H22F3N3. The second-order valence-electron chi connectivity index (χ2n) is 6.00. The maximum absolute atomic E-state index is 12.9. The lowest BCUT2D eigenvalue weighted by molar-refractivity contribution is -0.137. The average Bonchev–Trinajstić information content (AvgIpc) is 2.34. The smallest absolute Gasteiger partial charge is 0.373 e. The molecule has 1 heterocycles. The van der Waals surface area contributed by atoms with Gasteiger partial charge in [0.15, 0.2) is 0 Å². The molecule has 0 aliphatic heterocycles. The number of nitrogens with zero attached hydrogens (tertiary/aromatic N) is 2. The normalized spacial score (nSPS) is 14.1. The number of nitrogens with one attached hydrogen (secondary N) is 1. The highest BCUT2D eigenvalue weighted by atomic mass is 19.4. The lowest BCUT2D eigenvalue weighted by Gasteiger charge is -2.36. The zero-order chi connectivity index (χ0) is 15.7. The fraction of sp³-hybridized carbons (Fsp3) is 0.643. The molecule has 0 spiro atoms. The molecule has 20 heavy (non-hydrogen) atoms. The van der Waals surface area contributed by atoms with Gasteiger partial charge in [-0.25, -0.2) is 4.98 Å². The Balaban J connectivity index is 3.24. The van der Waals surface area contributed by atoms with Gasteiger partial charge in [0, 0.05) is 20.1 Å². The molecule has 0 aliphatic carbocycles. The molecule has 1 N–H and O–H groups in total. The number of rotatable bonds is 3. The van der Waals surface area contributed by atoms with Crippen molar-refractivity contribution in [3.8, 4) is 0 Å². The lowest BCUT2D eigenvalue weighted by atomic mass is 9.87. The summed E-state index contributed by atoms with van der Waals surface area (Å²) in [4.78, 5) is 5.99. The first kappa shape index (κ1) is 16.6. The topological polar surface area (TPSA) is 28.2 Å². The van der Waals surface area contributed by atoms with Crippen LogP contribution in [0.2, 0.25) is 0 Å². The van der Waals surface area contributed by atoms with Gasteiger partial charge in [-0.05, 0) is 24.5 Å². The first-order valence-corrected chi connectivity index (χ1v) is 6.46. The van der Waals surface area contributed by atoms with Gasteiger partial charge in [0.1, 0.15) is 11.6 Å². The zero-order valence-electron chi connectivity index (χ0n) is 12.8. The van der Waals surface area contributed by atoms with Crippen LogP contribution in [0.5, 0.6) is 0 Å². The van der Waals surface area contributed by atoms with E-state index in [1.165, 1.54) is 0 Å². The van der Waals surface area contributed by atoms with E-state index in [4.69, 9.17) is 0 Å². The van der Waals surface area contributed by atoms with Crippen LogP contribution in [0.3, 0.4) is 0 Å². The van der Waals surface area contributed by atoms with Gasteiger partial charge < -0.3 is 10.2 Å². The van der Waals surface area contributed by atoms with Crippen molar-refractivity contribution >= 4 is 11.6 Å². The van der Waals surface area contributed by atoms with Crippen LogP contribution in [0.25, 0.3) is 0 Å². The minimum absolute atomic E-state index is 0.0446. The number of aromatic nitrogens is 1. The highest BCUT2D eigenvalue weighted by molar-refractivity contribution is 5.51. The van der Waals surface area contributed by atoms with Crippen molar-refractivity contribution in [2.45, 2.75) is 39.9 Å². The van der Waals surface area contributed by atoms with Crippen LogP contribution in [0.4, 0.5) is 24.8 Å². The summed E-state index contributed by atoms with van der Waals surface area (Å²) in [5, 5.41) is 2.67. The van der Waals surface area contributed by atoms with E-state index in [-0.39, 0.29) is 17.3 Å². The fourth-order valence-corrected chi connectivity index (χ4v) is 1.77. The Hall–Kier alpha value is -1.46. The SMILES string of the molecule is CNc1cc(C(F)(F)F)cc(N(C)C(C)C(C)(C)C)n1. The number of halogens is 3. The Morgan fingerprint density at radius 1 is 1.20 bits per heavy atom. The van der Waals surface area contributed by atoms with Gasteiger partial charge in [-0.3, -0.25) is 0 Å². The van der Waals surface area contributed by atoms with Crippen LogP contribution in [-0.4, -0.2) is 25.1 Å². The van der Waals surface area contributed by atoms with Gasteiger partial charge in [-0.1, -0.05) is 20.8 Å². The summed E-state index contributed by atoms with van der Waals surface area (Å²) in [6, 6.07) is 2.14. The number of hydrogen-bond acceptors (Lipinski definition) is 3. The number of hydrogen-bond donors (Lipinski definition) is 1. The predicted molar refractivity (Wildman–Crippen MR) is 76.1 cm³/mol. The van der Waals surface area contributed by atoms with Crippen LogP contribution in [0, 0.1) is 5.41 Å². The summed E-state index contributed by atoms with van der Waals surface area (Å²) in [6.45, 7) is 8.10. The Bertz CT molecular complexity index is 464. The van der Waals surface area contributed by atoms with Crippen molar-refractivity contribution in [3.63, 3.8) is 0 Å². The van der Waals surface area contributed by atoms with Crippen molar-refractivity contribution in [1.29, 1.82) is 0 Å². The van der Waals surface area contributed by atoms with Crippen molar-refractivity contribution < 1.29 is 13.2 Å². The quantitative estimate of drug-likeness (QED) is 0.911. The molecule has 0 fully saturated rings. The van der Waals surface area contributed by atoms with Crippen LogP contribution in [0.15, 0.2) is 12.1 Å². The van der Waals surface area contributed by atoms with E-state index in [1.807, 2.05) is 27.7 Å². The third-order valence-corrected chi connectivity index (χ3v) is 3.59. The lowest BCUT2D eigenvalue weighted by Crippen LogP contribution is -2.40. The molecular weight excluding hydrogens is 267 g/mol. The molecule has 3 nitrogen and oxygen atoms in total. The number of alkyl halides is 3. The summed E-state index contributed by atoms with van der Waals surface area (Å²) in [6.07, 6.45) is -4.38. The molecule has 1 aromatic heterocycles. The second-order valence-corrected chi connectivity index (χ2v) is 6.00. The van der Waals surface area contributed by atoms with Crippen molar-refractivity contribution in [1.82, 2.24) is 4.98 Å². The van der Waals surface area contributed by atoms with Gasteiger partial charge in [-0.15, -0.1) is 0 Å². The largest absolute Gasteiger partial charge is 0.416 e. The van der Waals surface area contributed by atoms with Crippen LogP contribution < -0.4 is 10.2 Å². The summed E-state index contributed by atoms with van der Waals surface area (Å²) < 4.78 is 38.7. The van der Waals surface area contributed by atoms with Crippen LogP contribution in [-0.2, 0) is 6.18 Å². The molecule has 1 atom stereocenters. The Morgan fingerprint density at radius 3 is 2.15 bits per heavy atom. The first-order valence-electron chi connectivity index (χ1n) is 6.46. The summed E-state index contributed by atoms with van der Waals surface area (Å²) in [7, 11) is 3.32. The molecule has 114 valence electrons. The first-order chi connectivity index (χ1) is 8.96. The molecule has 6 heteroatoms. The molecule has 1 rings (SSSR count). The Morgan fingerprint density at radius 2 is 1.75 bits per heavy atom. The van der Waals surface area contributed by atoms with E-state index in [9.17, 15) is 13.2 Å². The molecule has 0 bridgehead atoms. The molecule has 0 amide bonds. The summed E-state index contributed by atoms with van der Waals surface area (Å²) in [5.41, 5.74) is -0.760. The number of pyridine rings is 1. The van der Waals surface area contributed by atoms with E-state index < -0.39 is 11.7 Å². The monoisotopic (exact) mass is 289 g/mol. The van der Waals surface area contributed by atoms with Crippen molar-refractivity contribution in [2.24, 2.45) is 5.41 Å². The molecule has 0 aromatic carbocycles. The van der Waals surface area contributed by atoms with E-state index in [1.54, 1.807) is 19.0 Å². The molecule has 0 saturated carbocycles. The Kier molecular flexibility index (Phi) is 4.56. The van der Waals surface area contributed by atoms with Gasteiger partial charge in [0.25, 0.3) is 0 Å².